The first kappa shape index (κ1) is 49.3. The number of carbonyl (C=O) groups is 2. The van der Waals surface area contributed by atoms with E-state index in [2.05, 4.69) is 45.1 Å². The molecule has 2 saturated heterocycles. The number of rotatable bonds is 20. The maximum absolute atomic E-state index is 15.0. The number of hydrogen-bond donors (Lipinski definition) is 0. The molecule has 0 spiro atoms. The van der Waals surface area contributed by atoms with Crippen LogP contribution < -0.4 is 4.90 Å². The minimum atomic E-state index is -4.55. The third-order valence-corrected chi connectivity index (χ3v) is 15.1. The molecule has 6 rings (SSSR count). The highest BCUT2D eigenvalue weighted by atomic mass is 35.5. The van der Waals surface area contributed by atoms with Gasteiger partial charge in [-0.25, -0.2) is 14.1 Å². The number of tetrazole rings is 1. The predicted molar refractivity (Wildman–Crippen MR) is 232 cm³/mol. The van der Waals surface area contributed by atoms with Crippen molar-refractivity contribution in [3.63, 3.8) is 0 Å². The summed E-state index contributed by atoms with van der Waals surface area (Å²) in [5.74, 6) is -1.78. The van der Waals surface area contributed by atoms with Crippen molar-refractivity contribution in [3.8, 4) is 0 Å². The van der Waals surface area contributed by atoms with Gasteiger partial charge < -0.3 is 42.2 Å². The molecule has 1 aliphatic carbocycles. The van der Waals surface area contributed by atoms with Crippen molar-refractivity contribution < 1.29 is 56.4 Å². The van der Waals surface area contributed by atoms with Gasteiger partial charge in [-0.2, -0.15) is 4.98 Å². The molecule has 5 heterocycles. The molecule has 63 heavy (non-hydrogen) atoms. The molecule has 20 nitrogen and oxygen atoms in total. The van der Waals surface area contributed by atoms with E-state index in [4.69, 9.17) is 53.8 Å². The molecule has 3 fully saturated rings. The number of aromatic nitrogens is 7. The second kappa shape index (κ2) is 19.8. The van der Waals surface area contributed by atoms with Crippen molar-refractivity contribution in [2.45, 2.75) is 167 Å². The van der Waals surface area contributed by atoms with E-state index in [1.165, 1.54) is 4.80 Å². The largest absolute Gasteiger partial charge is 0.463 e. The standard InChI is InChI=1S/C40H64ClN8O12PSi/c1-12-54-35(50)40(62(52,56-13-2)57-14-3,23-30-43-46-47(44-30)25-53-21-22-63(9,10)11)55-24-29-32-33(60-39(7,8)59-32)31(58-29)27-19-20-28-34(42-36(41)45-49(27)28)48(26-17-15-16-18-26)37(51)61-38(4,5)6/h19-20,26,29,31-33H,12-18,21-25H2,1-11H3/t29-,31-,32-,33+,40?/m1/s1. The third-order valence-electron chi connectivity index (χ3n) is 10.7. The summed E-state index contributed by atoms with van der Waals surface area (Å²) in [5, 5.41) is 14.8. The quantitative estimate of drug-likeness (QED) is 0.0478. The Morgan fingerprint density at radius 3 is 2.33 bits per heavy atom. The maximum atomic E-state index is 15.0. The van der Waals surface area contributed by atoms with Crippen molar-refractivity contribution in [1.82, 2.24) is 34.8 Å². The first-order valence-corrected chi connectivity index (χ1v) is 27.4. The molecule has 0 N–H and O–H groups in total. The summed E-state index contributed by atoms with van der Waals surface area (Å²) in [6, 6.07) is 4.37. The predicted octanol–water partition coefficient (Wildman–Crippen LogP) is 7.11. The summed E-state index contributed by atoms with van der Waals surface area (Å²) in [6.45, 7) is 20.5. The molecule has 3 aromatic heterocycles. The molecule has 3 aromatic rings. The molecule has 0 radical (unpaired) electrons. The highest BCUT2D eigenvalue weighted by Gasteiger charge is 2.63. The Balaban J connectivity index is 1.35. The first-order chi connectivity index (χ1) is 29.6. The van der Waals surface area contributed by atoms with Crippen molar-refractivity contribution in [2.24, 2.45) is 0 Å². The van der Waals surface area contributed by atoms with Gasteiger partial charge in [-0.3, -0.25) is 9.46 Å². The number of hydrogen-bond acceptors (Lipinski definition) is 17. The van der Waals surface area contributed by atoms with E-state index in [1.54, 1.807) is 56.2 Å². The van der Waals surface area contributed by atoms with Gasteiger partial charge >= 0.3 is 19.7 Å². The van der Waals surface area contributed by atoms with Crippen molar-refractivity contribution in [1.29, 1.82) is 0 Å². The van der Waals surface area contributed by atoms with Crippen LogP contribution in [0.1, 0.15) is 98.7 Å². The van der Waals surface area contributed by atoms with Gasteiger partial charge in [0, 0.05) is 20.7 Å². The Hall–Kier alpha value is -3.11. The van der Waals surface area contributed by atoms with Gasteiger partial charge in [-0.1, -0.05) is 32.5 Å². The topological polar surface area (TPSA) is 211 Å². The van der Waals surface area contributed by atoms with E-state index in [1.807, 2.05) is 20.8 Å². The van der Waals surface area contributed by atoms with Crippen molar-refractivity contribution in [2.75, 3.05) is 37.9 Å². The summed E-state index contributed by atoms with van der Waals surface area (Å²) >= 11 is 6.64. The number of fused-ring (bicyclic) bond motifs is 2. The van der Waals surface area contributed by atoms with Crippen molar-refractivity contribution >= 4 is 50.7 Å². The fraction of sp³-hybridized carbons (Fsp3) is 0.775. The summed E-state index contributed by atoms with van der Waals surface area (Å²) in [6.07, 6.45) is -0.877. The molecule has 0 bridgehead atoms. The van der Waals surface area contributed by atoms with E-state index in [0.29, 0.717) is 23.6 Å². The van der Waals surface area contributed by atoms with Crippen LogP contribution in [0.15, 0.2) is 12.1 Å². The zero-order valence-electron chi connectivity index (χ0n) is 38.3. The second-order valence-corrected chi connectivity index (χ2v) is 26.7. The molecule has 0 aromatic carbocycles. The second-order valence-electron chi connectivity index (χ2n) is 18.5. The van der Waals surface area contributed by atoms with Crippen LogP contribution in [-0.2, 0) is 64.7 Å². The van der Waals surface area contributed by atoms with Crippen LogP contribution in [0.2, 0.25) is 31.0 Å². The number of esters is 1. The molecule has 1 unspecified atom stereocenters. The number of ether oxygens (including phenoxy) is 7. The maximum Gasteiger partial charge on any atom is 0.416 e. The Kier molecular flexibility index (Phi) is 15.5. The summed E-state index contributed by atoms with van der Waals surface area (Å²) in [4.78, 5) is 35.5. The Morgan fingerprint density at radius 2 is 1.70 bits per heavy atom. The number of carbonyl (C=O) groups excluding carboxylic acids is 2. The van der Waals surface area contributed by atoms with E-state index in [0.717, 1.165) is 31.7 Å². The fourth-order valence-corrected chi connectivity index (χ4v) is 10.9. The molecule has 1 amide bonds. The van der Waals surface area contributed by atoms with E-state index in [-0.39, 0.29) is 50.3 Å². The first-order valence-electron chi connectivity index (χ1n) is 21.8. The Bertz CT molecular complexity index is 2100. The summed E-state index contributed by atoms with van der Waals surface area (Å²) in [5.41, 5.74) is 0.248. The van der Waals surface area contributed by atoms with Gasteiger partial charge in [-0.15, -0.1) is 20.1 Å². The van der Waals surface area contributed by atoms with Crippen LogP contribution in [0.5, 0.6) is 0 Å². The van der Waals surface area contributed by atoms with Crippen LogP contribution in [0.25, 0.3) is 5.52 Å². The number of anilines is 1. The minimum absolute atomic E-state index is 0.00575. The smallest absolute Gasteiger partial charge is 0.416 e. The zero-order chi connectivity index (χ0) is 46.0. The summed E-state index contributed by atoms with van der Waals surface area (Å²) < 4.78 is 71.7. The number of halogens is 1. The highest BCUT2D eigenvalue weighted by Crippen LogP contribution is 2.62. The van der Waals surface area contributed by atoms with Gasteiger partial charge in [0.1, 0.15) is 35.5 Å². The lowest BCUT2D eigenvalue weighted by Crippen LogP contribution is -2.48. The molecular formula is C40H64ClN8O12PSi. The molecule has 2 aliphatic heterocycles. The lowest BCUT2D eigenvalue weighted by molar-refractivity contribution is -0.200. The molecule has 1 saturated carbocycles. The van der Waals surface area contributed by atoms with Gasteiger partial charge in [0.2, 0.25) is 5.28 Å². The molecular weight excluding hydrogens is 879 g/mol. The van der Waals surface area contributed by atoms with E-state index >= 15 is 4.57 Å². The molecule has 23 heteroatoms. The average Bonchev–Trinajstić information content (AvgIpc) is 4.02. The minimum Gasteiger partial charge on any atom is -0.463 e. The lowest BCUT2D eigenvalue weighted by Gasteiger charge is -2.36. The van der Waals surface area contributed by atoms with Crippen LogP contribution in [-0.4, -0.2) is 129 Å². The third kappa shape index (κ3) is 11.3. The highest BCUT2D eigenvalue weighted by molar-refractivity contribution is 7.56. The van der Waals surface area contributed by atoms with Crippen LogP contribution in [0.4, 0.5) is 10.6 Å². The van der Waals surface area contributed by atoms with Crippen LogP contribution in [0.3, 0.4) is 0 Å². The van der Waals surface area contributed by atoms with Gasteiger partial charge in [-0.05, 0) is 103 Å². The Morgan fingerprint density at radius 1 is 1.02 bits per heavy atom. The zero-order valence-corrected chi connectivity index (χ0v) is 41.0. The van der Waals surface area contributed by atoms with E-state index < -0.39 is 75.3 Å². The SMILES string of the molecule is CCOC(=O)C(Cc1nnn(COCC[Si](C)(C)C)n1)(OC[C@H]1O[C@H](c2ccc3c(N(C(=O)OC(C)(C)C)C4CCCC4)nc(Cl)nn23)[C@@H]2OC(C)(C)O[C@@H]21)P(=O)(OCC)OCC. The number of nitrogens with zero attached hydrogens (tertiary/aromatic N) is 8. The monoisotopic (exact) mass is 942 g/mol. The van der Waals surface area contributed by atoms with Gasteiger partial charge in [0.05, 0.1) is 38.5 Å². The number of amides is 1. The van der Waals surface area contributed by atoms with Crippen LogP contribution in [0, 0.1) is 0 Å². The fourth-order valence-electron chi connectivity index (χ4n) is 7.96. The normalized spacial score (nSPS) is 22.7. The van der Waals surface area contributed by atoms with Gasteiger partial charge in [0.25, 0.3) is 5.34 Å². The molecule has 352 valence electrons. The molecule has 3 aliphatic rings. The van der Waals surface area contributed by atoms with E-state index in [9.17, 15) is 9.59 Å². The molecule has 5 atom stereocenters. The Labute approximate surface area is 374 Å². The lowest BCUT2D eigenvalue weighted by atomic mass is 10.1. The van der Waals surface area contributed by atoms with Crippen LogP contribution >= 0.6 is 19.2 Å². The van der Waals surface area contributed by atoms with Crippen molar-refractivity contribution in [3.05, 3.63) is 28.9 Å². The van der Waals surface area contributed by atoms with Gasteiger partial charge in [0.15, 0.2) is 24.2 Å². The average molecular weight is 944 g/mol. The summed E-state index contributed by atoms with van der Waals surface area (Å²) in [7, 11) is -5.90.